The summed E-state index contributed by atoms with van der Waals surface area (Å²) < 4.78 is 7.22. The number of hydrogen-bond donors (Lipinski definition) is 0. The molecular formula is C14H22N4O2. The van der Waals surface area contributed by atoms with E-state index in [4.69, 9.17) is 4.74 Å². The van der Waals surface area contributed by atoms with Gasteiger partial charge in [-0.15, -0.1) is 0 Å². The summed E-state index contributed by atoms with van der Waals surface area (Å²) in [6.07, 6.45) is 5.16. The normalized spacial score (nSPS) is 24.6. The van der Waals surface area contributed by atoms with Crippen LogP contribution in [0.5, 0.6) is 0 Å². The Hall–Kier alpha value is -1.40. The van der Waals surface area contributed by atoms with Crippen LogP contribution in [0.25, 0.3) is 0 Å². The van der Waals surface area contributed by atoms with Crippen LogP contribution in [-0.4, -0.2) is 71.4 Å². The van der Waals surface area contributed by atoms with E-state index in [2.05, 4.69) is 27.8 Å². The smallest absolute Gasteiger partial charge is 0.248 e. The minimum absolute atomic E-state index is 0.120. The van der Waals surface area contributed by atoms with Gasteiger partial charge in [-0.2, -0.15) is 5.10 Å². The molecule has 6 nitrogen and oxygen atoms in total. The van der Waals surface area contributed by atoms with Crippen molar-refractivity contribution in [1.82, 2.24) is 19.6 Å². The van der Waals surface area contributed by atoms with E-state index in [-0.39, 0.29) is 12.5 Å². The summed E-state index contributed by atoms with van der Waals surface area (Å²) in [4.78, 5) is 16.0. The molecule has 1 amide bonds. The quantitative estimate of drug-likeness (QED) is 0.795. The SMILES string of the molecule is Cc1cnn(C2CCN(CCN3CCOCC3=O)C2)c1. The average Bonchev–Trinajstić information content (AvgIpc) is 3.06. The summed E-state index contributed by atoms with van der Waals surface area (Å²) in [5.74, 6) is 0.120. The van der Waals surface area contributed by atoms with Gasteiger partial charge >= 0.3 is 0 Å². The van der Waals surface area contributed by atoms with Crippen LogP contribution in [0.4, 0.5) is 0 Å². The summed E-state index contributed by atoms with van der Waals surface area (Å²) >= 11 is 0. The van der Waals surface area contributed by atoms with E-state index < -0.39 is 0 Å². The van der Waals surface area contributed by atoms with Crippen LogP contribution in [0, 0.1) is 6.92 Å². The molecule has 0 aromatic carbocycles. The zero-order chi connectivity index (χ0) is 13.9. The Kier molecular flexibility index (Phi) is 4.03. The molecule has 1 aromatic heterocycles. The molecule has 1 unspecified atom stereocenters. The number of morpholine rings is 1. The molecule has 0 spiro atoms. The van der Waals surface area contributed by atoms with Crippen molar-refractivity contribution in [3.63, 3.8) is 0 Å². The predicted molar refractivity (Wildman–Crippen MR) is 74.5 cm³/mol. The fraction of sp³-hybridized carbons (Fsp3) is 0.714. The number of nitrogens with zero attached hydrogens (tertiary/aromatic N) is 4. The van der Waals surface area contributed by atoms with Crippen LogP contribution in [0.3, 0.4) is 0 Å². The molecule has 3 heterocycles. The van der Waals surface area contributed by atoms with Crippen LogP contribution < -0.4 is 0 Å². The zero-order valence-electron chi connectivity index (χ0n) is 12.0. The number of aryl methyl sites for hydroxylation is 1. The second-order valence-electron chi connectivity index (χ2n) is 5.67. The predicted octanol–water partition coefficient (Wildman–Crippen LogP) is 0.297. The molecule has 2 saturated heterocycles. The van der Waals surface area contributed by atoms with Gasteiger partial charge in [-0.05, 0) is 18.9 Å². The second kappa shape index (κ2) is 5.93. The Bertz CT molecular complexity index is 473. The lowest BCUT2D eigenvalue weighted by Crippen LogP contribution is -2.45. The van der Waals surface area contributed by atoms with E-state index in [1.54, 1.807) is 0 Å². The van der Waals surface area contributed by atoms with Crippen molar-refractivity contribution in [2.24, 2.45) is 0 Å². The third kappa shape index (κ3) is 3.02. The maximum absolute atomic E-state index is 11.7. The van der Waals surface area contributed by atoms with E-state index >= 15 is 0 Å². The van der Waals surface area contributed by atoms with Gasteiger partial charge in [0.2, 0.25) is 5.91 Å². The maximum Gasteiger partial charge on any atom is 0.248 e. The standard InChI is InChI=1S/C14H22N4O2/c1-12-8-15-18(9-12)13-2-3-16(10-13)4-5-17-6-7-20-11-14(17)19/h8-9,13H,2-7,10-11H2,1H3. The monoisotopic (exact) mass is 278 g/mol. The van der Waals surface area contributed by atoms with Crippen molar-refractivity contribution in [2.75, 3.05) is 45.9 Å². The van der Waals surface area contributed by atoms with Crippen molar-refractivity contribution in [3.8, 4) is 0 Å². The lowest BCUT2D eigenvalue weighted by molar-refractivity contribution is -0.142. The van der Waals surface area contributed by atoms with E-state index in [1.807, 2.05) is 11.1 Å². The summed E-state index contributed by atoms with van der Waals surface area (Å²) in [6, 6.07) is 0.476. The highest BCUT2D eigenvalue weighted by molar-refractivity contribution is 5.77. The number of carbonyl (C=O) groups excluding carboxylic acids is 1. The van der Waals surface area contributed by atoms with Crippen molar-refractivity contribution in [2.45, 2.75) is 19.4 Å². The van der Waals surface area contributed by atoms with Crippen LogP contribution in [0.2, 0.25) is 0 Å². The molecule has 0 N–H and O–H groups in total. The molecule has 1 aromatic rings. The van der Waals surface area contributed by atoms with E-state index in [0.717, 1.165) is 39.1 Å². The van der Waals surface area contributed by atoms with Crippen molar-refractivity contribution in [1.29, 1.82) is 0 Å². The number of hydrogen-bond acceptors (Lipinski definition) is 4. The van der Waals surface area contributed by atoms with Gasteiger partial charge in [0, 0.05) is 38.9 Å². The third-order valence-electron chi connectivity index (χ3n) is 4.12. The molecule has 2 aliphatic heterocycles. The minimum Gasteiger partial charge on any atom is -0.370 e. The summed E-state index contributed by atoms with van der Waals surface area (Å²) in [5.41, 5.74) is 1.21. The van der Waals surface area contributed by atoms with Crippen molar-refractivity contribution < 1.29 is 9.53 Å². The molecule has 0 saturated carbocycles. The second-order valence-corrected chi connectivity index (χ2v) is 5.67. The first-order valence-corrected chi connectivity index (χ1v) is 7.31. The highest BCUT2D eigenvalue weighted by Gasteiger charge is 2.25. The molecule has 20 heavy (non-hydrogen) atoms. The number of rotatable bonds is 4. The van der Waals surface area contributed by atoms with Gasteiger partial charge in [0.05, 0.1) is 18.8 Å². The Balaban J connectivity index is 1.47. The molecule has 6 heteroatoms. The lowest BCUT2D eigenvalue weighted by atomic mass is 10.3. The van der Waals surface area contributed by atoms with Gasteiger partial charge in [0.15, 0.2) is 0 Å². The van der Waals surface area contributed by atoms with Crippen molar-refractivity contribution in [3.05, 3.63) is 18.0 Å². The fourth-order valence-corrected chi connectivity index (χ4v) is 2.91. The molecule has 0 aliphatic carbocycles. The Morgan fingerprint density at radius 2 is 2.30 bits per heavy atom. The van der Waals surface area contributed by atoms with Crippen LogP contribution in [0.15, 0.2) is 12.4 Å². The highest BCUT2D eigenvalue weighted by Crippen LogP contribution is 2.20. The number of amides is 1. The Morgan fingerprint density at radius 3 is 3.05 bits per heavy atom. The van der Waals surface area contributed by atoms with Gasteiger partial charge in [0.25, 0.3) is 0 Å². The first-order chi connectivity index (χ1) is 9.72. The van der Waals surface area contributed by atoms with Gasteiger partial charge < -0.3 is 9.64 Å². The average molecular weight is 278 g/mol. The number of carbonyl (C=O) groups is 1. The molecule has 2 aliphatic rings. The lowest BCUT2D eigenvalue weighted by Gasteiger charge is -2.28. The van der Waals surface area contributed by atoms with Crippen LogP contribution in [-0.2, 0) is 9.53 Å². The fourth-order valence-electron chi connectivity index (χ4n) is 2.91. The topological polar surface area (TPSA) is 50.6 Å². The minimum atomic E-state index is 0.120. The van der Waals surface area contributed by atoms with E-state index in [1.165, 1.54) is 5.56 Å². The molecule has 110 valence electrons. The number of likely N-dealkylation sites (tertiary alicyclic amines) is 1. The summed E-state index contributed by atoms with van der Waals surface area (Å²) in [5, 5.41) is 4.40. The first-order valence-electron chi connectivity index (χ1n) is 7.31. The van der Waals surface area contributed by atoms with Gasteiger partial charge in [-0.1, -0.05) is 0 Å². The number of aromatic nitrogens is 2. The summed E-state index contributed by atoms with van der Waals surface area (Å²) in [7, 11) is 0. The molecule has 3 rings (SSSR count). The maximum atomic E-state index is 11.7. The zero-order valence-corrected chi connectivity index (χ0v) is 12.0. The third-order valence-corrected chi connectivity index (χ3v) is 4.12. The Labute approximate surface area is 119 Å². The van der Waals surface area contributed by atoms with Crippen molar-refractivity contribution >= 4 is 5.91 Å². The van der Waals surface area contributed by atoms with Crippen LogP contribution >= 0.6 is 0 Å². The summed E-state index contributed by atoms with van der Waals surface area (Å²) in [6.45, 7) is 7.59. The molecule has 1 atom stereocenters. The largest absolute Gasteiger partial charge is 0.370 e. The molecule has 0 radical (unpaired) electrons. The van der Waals surface area contributed by atoms with E-state index in [9.17, 15) is 4.79 Å². The first kappa shape index (κ1) is 13.6. The van der Waals surface area contributed by atoms with Gasteiger partial charge in [-0.3, -0.25) is 14.4 Å². The van der Waals surface area contributed by atoms with Gasteiger partial charge in [-0.25, -0.2) is 0 Å². The molecular weight excluding hydrogens is 256 g/mol. The number of ether oxygens (including phenoxy) is 1. The van der Waals surface area contributed by atoms with E-state index in [0.29, 0.717) is 12.6 Å². The van der Waals surface area contributed by atoms with Crippen LogP contribution in [0.1, 0.15) is 18.0 Å². The molecule has 0 bridgehead atoms. The molecule has 2 fully saturated rings. The highest BCUT2D eigenvalue weighted by atomic mass is 16.5. The van der Waals surface area contributed by atoms with Gasteiger partial charge in [0.1, 0.15) is 6.61 Å². The Morgan fingerprint density at radius 1 is 1.40 bits per heavy atom.